The van der Waals surface area contributed by atoms with Crippen LogP contribution in [0.1, 0.15) is 0 Å². The monoisotopic (exact) mass is 301 g/mol. The molecule has 16 heavy (non-hydrogen) atoms. The van der Waals surface area contributed by atoms with E-state index in [4.69, 9.17) is 0 Å². The fourth-order valence-corrected chi connectivity index (χ4v) is 1.38. The Hall–Kier alpha value is -1.31. The van der Waals surface area contributed by atoms with Gasteiger partial charge in [0.25, 0.3) is 0 Å². The second kappa shape index (κ2) is 4.69. The minimum Gasteiger partial charge on any atom is -0.400 e. The number of carbonyl (C=O) groups excluding carboxylic acids is 1. The van der Waals surface area contributed by atoms with E-state index >= 15 is 0 Å². The summed E-state index contributed by atoms with van der Waals surface area (Å²) in [6, 6.07) is 1.87. The molecule has 1 rings (SSSR count). The Morgan fingerprint density at radius 2 is 2.00 bits per heavy atom. The van der Waals surface area contributed by atoms with Crippen molar-refractivity contribution in [3.05, 3.63) is 22.4 Å². The molecule has 0 atom stereocenters. The van der Waals surface area contributed by atoms with E-state index in [9.17, 15) is 22.4 Å². The summed E-state index contributed by atoms with van der Waals surface area (Å²) in [7, 11) is 0. The van der Waals surface area contributed by atoms with Gasteiger partial charge in [-0.2, -0.15) is 0 Å². The quantitative estimate of drug-likeness (QED) is 0.688. The number of rotatable bonds is 3. The lowest BCUT2D eigenvalue weighted by molar-refractivity contribution is -0.275. The first-order valence-corrected chi connectivity index (χ1v) is 4.58. The molecule has 8 heteroatoms. The predicted octanol–water partition coefficient (Wildman–Crippen LogP) is 3.06. The van der Waals surface area contributed by atoms with Crippen LogP contribution in [0.2, 0.25) is 0 Å². The molecule has 0 fully saturated rings. The van der Waals surface area contributed by atoms with Crippen LogP contribution in [0.4, 0.5) is 23.2 Å². The molecule has 0 radical (unpaired) electrons. The number of alkyl halides is 3. The standard InChI is InChI=1S/C8H4BrF4NO2/c9-4-1-5(10)7(16-8(11,12)13)6(2-4)14-3-15/h1-3H,(H,14,15). The van der Waals surface area contributed by atoms with Crippen LogP contribution in [-0.2, 0) is 4.79 Å². The zero-order valence-corrected chi connectivity index (χ0v) is 9.02. The van der Waals surface area contributed by atoms with E-state index in [2.05, 4.69) is 20.7 Å². The van der Waals surface area contributed by atoms with E-state index in [0.717, 1.165) is 12.1 Å². The molecule has 0 unspecified atom stereocenters. The van der Waals surface area contributed by atoms with Crippen molar-refractivity contribution in [1.29, 1.82) is 0 Å². The highest BCUT2D eigenvalue weighted by molar-refractivity contribution is 9.10. The lowest BCUT2D eigenvalue weighted by Crippen LogP contribution is -2.19. The zero-order chi connectivity index (χ0) is 12.3. The van der Waals surface area contributed by atoms with Gasteiger partial charge in [-0.3, -0.25) is 4.79 Å². The second-order valence-electron chi connectivity index (χ2n) is 2.57. The van der Waals surface area contributed by atoms with Crippen molar-refractivity contribution in [3.8, 4) is 5.75 Å². The number of benzene rings is 1. The van der Waals surface area contributed by atoms with Crippen LogP contribution >= 0.6 is 15.9 Å². The van der Waals surface area contributed by atoms with Gasteiger partial charge in [-0.15, -0.1) is 13.2 Å². The van der Waals surface area contributed by atoms with Crippen LogP contribution in [0, 0.1) is 5.82 Å². The van der Waals surface area contributed by atoms with Crippen LogP contribution in [0.25, 0.3) is 0 Å². The van der Waals surface area contributed by atoms with Gasteiger partial charge in [0.15, 0.2) is 11.6 Å². The fourth-order valence-electron chi connectivity index (χ4n) is 0.951. The van der Waals surface area contributed by atoms with Gasteiger partial charge < -0.3 is 10.1 Å². The van der Waals surface area contributed by atoms with Crippen LogP contribution in [-0.4, -0.2) is 12.8 Å². The molecule has 0 spiro atoms. The molecule has 1 amide bonds. The number of nitrogens with one attached hydrogen (secondary N) is 1. The summed E-state index contributed by atoms with van der Waals surface area (Å²) in [5.74, 6) is -2.32. The van der Waals surface area contributed by atoms with Crippen molar-refractivity contribution >= 4 is 28.0 Å². The second-order valence-corrected chi connectivity index (χ2v) is 3.49. The van der Waals surface area contributed by atoms with Crippen LogP contribution in [0.3, 0.4) is 0 Å². The Morgan fingerprint density at radius 1 is 1.38 bits per heavy atom. The van der Waals surface area contributed by atoms with Gasteiger partial charge in [-0.25, -0.2) is 4.39 Å². The number of carbonyl (C=O) groups is 1. The highest BCUT2D eigenvalue weighted by Gasteiger charge is 2.33. The highest BCUT2D eigenvalue weighted by atomic mass is 79.9. The fraction of sp³-hybridized carbons (Fsp3) is 0.125. The van der Waals surface area contributed by atoms with Gasteiger partial charge in [0.1, 0.15) is 0 Å². The van der Waals surface area contributed by atoms with Crippen LogP contribution in [0.15, 0.2) is 16.6 Å². The van der Waals surface area contributed by atoms with Crippen LogP contribution in [0.5, 0.6) is 5.75 Å². The maximum atomic E-state index is 13.2. The molecule has 0 saturated carbocycles. The Kier molecular flexibility index (Phi) is 3.74. The van der Waals surface area contributed by atoms with Gasteiger partial charge in [0.2, 0.25) is 6.41 Å². The molecule has 3 nitrogen and oxygen atoms in total. The van der Waals surface area contributed by atoms with Crippen LogP contribution < -0.4 is 10.1 Å². The van der Waals surface area contributed by atoms with E-state index in [-0.39, 0.29) is 10.9 Å². The van der Waals surface area contributed by atoms with E-state index in [1.54, 1.807) is 0 Å². The number of halogens is 5. The normalized spacial score (nSPS) is 11.1. The zero-order valence-electron chi connectivity index (χ0n) is 7.44. The number of hydrogen-bond acceptors (Lipinski definition) is 2. The molecule has 1 N–H and O–H groups in total. The van der Waals surface area contributed by atoms with Crippen molar-refractivity contribution in [1.82, 2.24) is 0 Å². The number of anilines is 1. The molecule has 0 aliphatic rings. The van der Waals surface area contributed by atoms with Crippen molar-refractivity contribution < 1.29 is 27.1 Å². The van der Waals surface area contributed by atoms with E-state index < -0.39 is 23.6 Å². The number of hydrogen-bond donors (Lipinski definition) is 1. The summed E-state index contributed by atoms with van der Waals surface area (Å²) in [6.07, 6.45) is -4.92. The Bertz CT molecular complexity index is 408. The maximum Gasteiger partial charge on any atom is 0.573 e. The molecule has 0 aliphatic carbocycles. The van der Waals surface area contributed by atoms with Gasteiger partial charge in [-0.05, 0) is 12.1 Å². The average Bonchev–Trinajstić information content (AvgIpc) is 2.10. The molecular formula is C8H4BrF4NO2. The van der Waals surface area contributed by atoms with Crippen molar-refractivity contribution in [3.63, 3.8) is 0 Å². The molecule has 0 saturated heterocycles. The Balaban J connectivity index is 3.18. The minimum absolute atomic E-state index is 0.116. The SMILES string of the molecule is O=CNc1cc(Br)cc(F)c1OC(F)(F)F. The van der Waals surface area contributed by atoms with Crippen molar-refractivity contribution in [2.75, 3.05) is 5.32 Å². The topological polar surface area (TPSA) is 38.3 Å². The third kappa shape index (κ3) is 3.37. The molecule has 0 aliphatic heterocycles. The van der Waals surface area contributed by atoms with Crippen molar-refractivity contribution in [2.24, 2.45) is 0 Å². The molecule has 0 aromatic heterocycles. The Morgan fingerprint density at radius 3 is 2.50 bits per heavy atom. The van der Waals surface area contributed by atoms with Gasteiger partial charge >= 0.3 is 6.36 Å². The third-order valence-electron chi connectivity index (χ3n) is 1.44. The summed E-state index contributed by atoms with van der Waals surface area (Å²) in [5, 5.41) is 1.90. The van der Waals surface area contributed by atoms with E-state index in [1.165, 1.54) is 0 Å². The van der Waals surface area contributed by atoms with Gasteiger partial charge in [0, 0.05) is 4.47 Å². The third-order valence-corrected chi connectivity index (χ3v) is 1.90. The molecule has 1 aromatic rings. The smallest absolute Gasteiger partial charge is 0.400 e. The van der Waals surface area contributed by atoms with Crippen molar-refractivity contribution in [2.45, 2.75) is 6.36 Å². The highest BCUT2D eigenvalue weighted by Crippen LogP contribution is 2.35. The molecule has 88 valence electrons. The first-order valence-electron chi connectivity index (χ1n) is 3.78. The predicted molar refractivity (Wildman–Crippen MR) is 50.5 cm³/mol. The molecule has 0 heterocycles. The minimum atomic E-state index is -5.03. The lowest BCUT2D eigenvalue weighted by atomic mass is 10.3. The summed E-state index contributed by atoms with van der Waals surface area (Å²) in [4.78, 5) is 10.1. The largest absolute Gasteiger partial charge is 0.573 e. The number of ether oxygens (including phenoxy) is 1. The van der Waals surface area contributed by atoms with Gasteiger partial charge in [0.05, 0.1) is 5.69 Å². The first-order chi connectivity index (χ1) is 7.33. The summed E-state index contributed by atoms with van der Waals surface area (Å²) in [5.41, 5.74) is -0.417. The van der Waals surface area contributed by atoms with E-state index in [0.29, 0.717) is 0 Å². The summed E-state index contributed by atoms with van der Waals surface area (Å²) < 4.78 is 52.6. The van der Waals surface area contributed by atoms with E-state index in [1.807, 2.05) is 5.32 Å². The van der Waals surface area contributed by atoms with Gasteiger partial charge in [-0.1, -0.05) is 15.9 Å². The summed E-state index contributed by atoms with van der Waals surface area (Å²) >= 11 is 2.86. The Labute approximate surface area is 95.5 Å². The first kappa shape index (κ1) is 12.8. The number of amides is 1. The molecular weight excluding hydrogens is 298 g/mol. The molecule has 0 bridgehead atoms. The molecule has 1 aromatic carbocycles. The summed E-state index contributed by atoms with van der Waals surface area (Å²) in [6.45, 7) is 0. The average molecular weight is 302 g/mol. The lowest BCUT2D eigenvalue weighted by Gasteiger charge is -2.13. The maximum absolute atomic E-state index is 13.2.